The highest BCUT2D eigenvalue weighted by atomic mass is 32.2. The van der Waals surface area contributed by atoms with E-state index in [9.17, 15) is 4.79 Å². The Kier molecular flexibility index (Phi) is 2.61. The lowest BCUT2D eigenvalue weighted by Crippen LogP contribution is -2.33. The molecule has 0 spiro atoms. The average Bonchev–Trinajstić information content (AvgIpc) is 2.18. The second-order valence-electron chi connectivity index (χ2n) is 3.46. The van der Waals surface area contributed by atoms with E-state index in [0.717, 1.165) is 16.7 Å². The van der Waals surface area contributed by atoms with Crippen molar-refractivity contribution in [2.45, 2.75) is 12.3 Å². The van der Waals surface area contributed by atoms with Crippen molar-refractivity contribution in [1.82, 2.24) is 5.32 Å². The van der Waals surface area contributed by atoms with Gasteiger partial charge in [-0.15, -0.1) is 11.8 Å². The van der Waals surface area contributed by atoms with E-state index >= 15 is 0 Å². The van der Waals surface area contributed by atoms with Crippen LogP contribution in [0.3, 0.4) is 0 Å². The van der Waals surface area contributed by atoms with Crippen LogP contribution in [0, 0.1) is 6.92 Å². The summed E-state index contributed by atoms with van der Waals surface area (Å²) in [6.45, 7) is 2.46. The zero-order valence-corrected chi connectivity index (χ0v) is 9.15. The van der Waals surface area contributed by atoms with Gasteiger partial charge in [0.25, 0.3) is 0 Å². The van der Waals surface area contributed by atoms with Crippen molar-refractivity contribution >= 4 is 17.5 Å². The number of nitrogens with one attached hydrogen (secondary N) is 1. The van der Waals surface area contributed by atoms with Crippen LogP contribution < -0.4 is 5.32 Å². The molecule has 1 atom stereocenters. The number of benzene rings is 1. The van der Waals surface area contributed by atoms with Crippen molar-refractivity contribution in [3.8, 4) is 0 Å². The third-order valence-corrected chi connectivity index (χ3v) is 3.44. The van der Waals surface area contributed by atoms with Crippen LogP contribution in [0.15, 0.2) is 18.2 Å². The number of Topliss-reactive ketones (excluding diaryl/α,β-unsaturated/α-hetero) is 1. The molecular formula is C11H13NOS. The van der Waals surface area contributed by atoms with E-state index in [1.807, 2.05) is 25.1 Å². The summed E-state index contributed by atoms with van der Waals surface area (Å²) >= 11 is 1.74. The Morgan fingerprint density at radius 3 is 3.00 bits per heavy atom. The number of fused-ring (bicyclic) bond motifs is 1. The zero-order chi connectivity index (χ0) is 10.1. The van der Waals surface area contributed by atoms with Crippen molar-refractivity contribution in [2.75, 3.05) is 12.8 Å². The van der Waals surface area contributed by atoms with Crippen LogP contribution in [0.5, 0.6) is 0 Å². The lowest BCUT2D eigenvalue weighted by molar-refractivity contribution is 0.0981. The smallest absolute Gasteiger partial charge is 0.177 e. The van der Waals surface area contributed by atoms with Gasteiger partial charge in [-0.2, -0.15) is 0 Å². The van der Waals surface area contributed by atoms with Gasteiger partial charge in [-0.1, -0.05) is 18.2 Å². The molecule has 1 aromatic rings. The molecule has 2 nitrogen and oxygen atoms in total. The fourth-order valence-corrected chi connectivity index (χ4v) is 2.58. The van der Waals surface area contributed by atoms with Gasteiger partial charge in [-0.05, 0) is 24.3 Å². The first-order valence-electron chi connectivity index (χ1n) is 4.63. The molecule has 1 N–H and O–H groups in total. The molecule has 1 heterocycles. The molecule has 0 saturated carbocycles. The number of carbonyl (C=O) groups is 1. The number of rotatable bonds is 1. The van der Waals surface area contributed by atoms with Crippen molar-refractivity contribution in [1.29, 1.82) is 0 Å². The SMILES string of the molecule is CSC1NCC(=O)c2c(C)cccc21. The minimum absolute atomic E-state index is 0.211. The summed E-state index contributed by atoms with van der Waals surface area (Å²) in [7, 11) is 0. The monoisotopic (exact) mass is 207 g/mol. The predicted octanol–water partition coefficient (Wildman–Crippen LogP) is 2.14. The molecular weight excluding hydrogens is 194 g/mol. The van der Waals surface area contributed by atoms with Gasteiger partial charge in [-0.25, -0.2) is 0 Å². The van der Waals surface area contributed by atoms with Gasteiger partial charge in [0.2, 0.25) is 0 Å². The van der Waals surface area contributed by atoms with Gasteiger partial charge in [0.05, 0.1) is 11.9 Å². The fourth-order valence-electron chi connectivity index (χ4n) is 1.88. The maximum absolute atomic E-state index is 11.7. The zero-order valence-electron chi connectivity index (χ0n) is 8.33. The molecule has 1 aliphatic heterocycles. The molecule has 14 heavy (non-hydrogen) atoms. The molecule has 0 fully saturated rings. The van der Waals surface area contributed by atoms with Crippen LogP contribution in [0.2, 0.25) is 0 Å². The van der Waals surface area contributed by atoms with Crippen LogP contribution >= 0.6 is 11.8 Å². The Labute approximate surface area is 88.1 Å². The normalized spacial score (nSPS) is 20.7. The predicted molar refractivity (Wildman–Crippen MR) is 59.8 cm³/mol. The van der Waals surface area contributed by atoms with E-state index in [4.69, 9.17) is 0 Å². The molecule has 0 aliphatic carbocycles. The summed E-state index contributed by atoms with van der Waals surface area (Å²) in [6, 6.07) is 6.05. The highest BCUT2D eigenvalue weighted by molar-refractivity contribution is 7.98. The Balaban J connectivity index is 2.56. The summed E-state index contributed by atoms with van der Waals surface area (Å²) < 4.78 is 0. The highest BCUT2D eigenvalue weighted by Gasteiger charge is 2.25. The molecule has 74 valence electrons. The van der Waals surface area contributed by atoms with Crippen LogP contribution in [-0.2, 0) is 0 Å². The van der Waals surface area contributed by atoms with E-state index in [1.165, 1.54) is 0 Å². The Morgan fingerprint density at radius 2 is 2.29 bits per heavy atom. The van der Waals surface area contributed by atoms with Gasteiger partial charge < -0.3 is 0 Å². The molecule has 3 heteroatoms. The summed E-state index contributed by atoms with van der Waals surface area (Å²) in [5.41, 5.74) is 3.15. The molecule has 0 radical (unpaired) electrons. The third kappa shape index (κ3) is 1.47. The average molecular weight is 207 g/mol. The molecule has 1 unspecified atom stereocenters. The molecule has 0 aromatic heterocycles. The van der Waals surface area contributed by atoms with Gasteiger partial charge in [0.15, 0.2) is 5.78 Å². The van der Waals surface area contributed by atoms with Gasteiger partial charge in [0, 0.05) is 5.56 Å². The van der Waals surface area contributed by atoms with E-state index in [2.05, 4.69) is 11.6 Å². The number of thioether (sulfide) groups is 1. The molecule has 1 aliphatic rings. The number of hydrogen-bond donors (Lipinski definition) is 1. The summed E-state index contributed by atoms with van der Waals surface area (Å²) in [5.74, 6) is 0.211. The third-order valence-electron chi connectivity index (χ3n) is 2.55. The van der Waals surface area contributed by atoms with Crippen LogP contribution in [0.25, 0.3) is 0 Å². The van der Waals surface area contributed by atoms with Crippen LogP contribution in [0.1, 0.15) is 26.9 Å². The number of hydrogen-bond acceptors (Lipinski definition) is 3. The molecule has 1 aromatic carbocycles. The van der Waals surface area contributed by atoms with Crippen molar-refractivity contribution in [3.05, 3.63) is 34.9 Å². The minimum Gasteiger partial charge on any atom is -0.294 e. The summed E-state index contributed by atoms with van der Waals surface area (Å²) in [4.78, 5) is 11.7. The van der Waals surface area contributed by atoms with Gasteiger partial charge in [-0.3, -0.25) is 10.1 Å². The first kappa shape index (κ1) is 9.74. The quantitative estimate of drug-likeness (QED) is 0.765. The first-order valence-corrected chi connectivity index (χ1v) is 5.91. The molecule has 0 bridgehead atoms. The minimum atomic E-state index is 0.211. The van der Waals surface area contributed by atoms with Crippen molar-refractivity contribution in [2.24, 2.45) is 0 Å². The fraction of sp³-hybridized carbons (Fsp3) is 0.364. The van der Waals surface area contributed by atoms with Gasteiger partial charge in [0.1, 0.15) is 0 Å². The van der Waals surface area contributed by atoms with Gasteiger partial charge >= 0.3 is 0 Å². The second-order valence-corrected chi connectivity index (χ2v) is 4.40. The highest BCUT2D eigenvalue weighted by Crippen LogP contribution is 2.31. The van der Waals surface area contributed by atoms with Crippen molar-refractivity contribution in [3.63, 3.8) is 0 Å². The standard InChI is InChI=1S/C11H13NOS/c1-7-4-3-5-8-10(7)9(13)6-12-11(8)14-2/h3-5,11-12H,6H2,1-2H3. The molecule has 0 amide bonds. The Bertz CT molecular complexity index is 376. The topological polar surface area (TPSA) is 29.1 Å². The lowest BCUT2D eigenvalue weighted by Gasteiger charge is -2.25. The van der Waals surface area contributed by atoms with E-state index in [1.54, 1.807) is 11.8 Å². The largest absolute Gasteiger partial charge is 0.294 e. The van der Waals surface area contributed by atoms with Crippen molar-refractivity contribution < 1.29 is 4.79 Å². The second kappa shape index (κ2) is 3.75. The number of aryl methyl sites for hydroxylation is 1. The summed E-state index contributed by atoms with van der Waals surface area (Å²) in [6.07, 6.45) is 2.06. The van der Waals surface area contributed by atoms with Crippen LogP contribution in [0.4, 0.5) is 0 Å². The maximum atomic E-state index is 11.7. The Morgan fingerprint density at radius 1 is 1.50 bits per heavy atom. The van der Waals surface area contributed by atoms with E-state index in [-0.39, 0.29) is 11.2 Å². The lowest BCUT2D eigenvalue weighted by atomic mass is 9.95. The van der Waals surface area contributed by atoms with Crippen LogP contribution in [-0.4, -0.2) is 18.6 Å². The summed E-state index contributed by atoms with van der Waals surface area (Å²) in [5, 5.41) is 3.48. The molecule has 0 saturated heterocycles. The first-order chi connectivity index (χ1) is 6.74. The number of ketones is 1. The number of carbonyl (C=O) groups excluding carboxylic acids is 1. The maximum Gasteiger partial charge on any atom is 0.177 e. The Hall–Kier alpha value is -0.800. The van der Waals surface area contributed by atoms with E-state index in [0.29, 0.717) is 6.54 Å². The van der Waals surface area contributed by atoms with E-state index < -0.39 is 0 Å². The molecule has 2 rings (SSSR count).